The van der Waals surface area contributed by atoms with Gasteiger partial charge in [-0.25, -0.2) is 0 Å². The van der Waals surface area contributed by atoms with Crippen molar-refractivity contribution in [3.63, 3.8) is 0 Å². The van der Waals surface area contributed by atoms with E-state index < -0.39 is 0 Å². The van der Waals surface area contributed by atoms with Crippen molar-refractivity contribution in [1.29, 1.82) is 0 Å². The van der Waals surface area contributed by atoms with Gasteiger partial charge in [-0.15, -0.1) is 10.2 Å². The summed E-state index contributed by atoms with van der Waals surface area (Å²) in [4.78, 5) is 2.76. The molecule has 3 heterocycles. The van der Waals surface area contributed by atoms with Crippen LogP contribution in [-0.2, 0) is 18.4 Å². The van der Waals surface area contributed by atoms with E-state index in [1.54, 1.807) is 11.1 Å². The first-order chi connectivity index (χ1) is 16.8. The average molecular weight is 493 g/mol. The SMILES string of the molecule is CCn1c(SCCCN2CCC3c4ccc(C(C)(C)C)cc4CCC32)nnc1-c1cc(C)oc1C. The third kappa shape index (κ3) is 4.84. The van der Waals surface area contributed by atoms with Crippen molar-refractivity contribution < 1.29 is 4.42 Å². The number of benzene rings is 1. The smallest absolute Gasteiger partial charge is 0.191 e. The third-order valence-electron chi connectivity index (χ3n) is 7.91. The van der Waals surface area contributed by atoms with E-state index in [4.69, 9.17) is 4.42 Å². The highest BCUT2D eigenvalue weighted by atomic mass is 32.2. The van der Waals surface area contributed by atoms with Crippen LogP contribution in [0.5, 0.6) is 0 Å². The van der Waals surface area contributed by atoms with E-state index in [1.807, 2.05) is 25.6 Å². The minimum absolute atomic E-state index is 0.227. The number of rotatable bonds is 7. The maximum absolute atomic E-state index is 5.73. The quantitative estimate of drug-likeness (QED) is 0.269. The summed E-state index contributed by atoms with van der Waals surface area (Å²) in [5.74, 6) is 4.53. The first kappa shape index (κ1) is 24.6. The zero-order chi connectivity index (χ0) is 24.7. The van der Waals surface area contributed by atoms with Crippen LogP contribution >= 0.6 is 11.8 Å². The number of aromatic nitrogens is 3. The Kier molecular flexibility index (Phi) is 6.88. The van der Waals surface area contributed by atoms with E-state index >= 15 is 0 Å². The molecule has 1 saturated heterocycles. The molecule has 5 nitrogen and oxygen atoms in total. The van der Waals surface area contributed by atoms with Gasteiger partial charge >= 0.3 is 0 Å². The molecule has 188 valence electrons. The second-order valence-electron chi connectivity index (χ2n) is 11.3. The fraction of sp³-hybridized carbons (Fsp3) is 0.586. The normalized spacial score (nSPS) is 20.3. The molecule has 0 spiro atoms. The first-order valence-electron chi connectivity index (χ1n) is 13.3. The summed E-state index contributed by atoms with van der Waals surface area (Å²) >= 11 is 1.84. The molecule has 5 rings (SSSR count). The molecule has 0 N–H and O–H groups in total. The van der Waals surface area contributed by atoms with Crippen LogP contribution in [0.3, 0.4) is 0 Å². The molecular formula is C29H40N4OS. The molecule has 0 radical (unpaired) electrons. The Morgan fingerprint density at radius 2 is 1.94 bits per heavy atom. The zero-order valence-corrected chi connectivity index (χ0v) is 23.0. The molecule has 6 heteroatoms. The number of aryl methyl sites for hydroxylation is 3. The van der Waals surface area contributed by atoms with Crippen molar-refractivity contribution in [3.05, 3.63) is 52.5 Å². The topological polar surface area (TPSA) is 47.1 Å². The van der Waals surface area contributed by atoms with E-state index in [-0.39, 0.29) is 5.41 Å². The van der Waals surface area contributed by atoms with Gasteiger partial charge in [-0.1, -0.05) is 50.7 Å². The van der Waals surface area contributed by atoms with Gasteiger partial charge in [0.25, 0.3) is 0 Å². The van der Waals surface area contributed by atoms with Crippen molar-refractivity contribution in [2.75, 3.05) is 18.8 Å². The Morgan fingerprint density at radius 3 is 2.66 bits per heavy atom. The summed E-state index contributed by atoms with van der Waals surface area (Å²) in [7, 11) is 0. The summed E-state index contributed by atoms with van der Waals surface area (Å²) < 4.78 is 7.95. The first-order valence-corrected chi connectivity index (χ1v) is 14.3. The van der Waals surface area contributed by atoms with E-state index in [1.165, 1.54) is 44.3 Å². The summed E-state index contributed by atoms with van der Waals surface area (Å²) in [5, 5.41) is 10.0. The molecule has 0 bridgehead atoms. The number of likely N-dealkylation sites (tertiary alicyclic amines) is 1. The van der Waals surface area contributed by atoms with Gasteiger partial charge < -0.3 is 8.98 Å². The van der Waals surface area contributed by atoms with Crippen LogP contribution in [0.15, 0.2) is 33.8 Å². The van der Waals surface area contributed by atoms with Crippen molar-refractivity contribution >= 4 is 11.8 Å². The van der Waals surface area contributed by atoms with Crippen molar-refractivity contribution in [2.45, 2.75) is 96.3 Å². The predicted molar refractivity (Wildman–Crippen MR) is 144 cm³/mol. The molecule has 1 fully saturated rings. The van der Waals surface area contributed by atoms with E-state index in [0.29, 0.717) is 12.0 Å². The number of fused-ring (bicyclic) bond motifs is 3. The number of thioether (sulfide) groups is 1. The average Bonchev–Trinajstić information content (AvgIpc) is 3.51. The second kappa shape index (κ2) is 9.78. The lowest BCUT2D eigenvalue weighted by Gasteiger charge is -2.34. The van der Waals surface area contributed by atoms with Crippen molar-refractivity contribution in [2.24, 2.45) is 0 Å². The lowest BCUT2D eigenvalue weighted by atomic mass is 9.76. The minimum Gasteiger partial charge on any atom is -0.466 e. The molecule has 35 heavy (non-hydrogen) atoms. The van der Waals surface area contributed by atoms with Gasteiger partial charge in [0.15, 0.2) is 11.0 Å². The summed E-state index contributed by atoms with van der Waals surface area (Å²) in [5.41, 5.74) is 5.99. The maximum Gasteiger partial charge on any atom is 0.191 e. The molecule has 1 aromatic carbocycles. The fourth-order valence-electron chi connectivity index (χ4n) is 6.06. The Balaban J connectivity index is 1.18. The monoisotopic (exact) mass is 492 g/mol. The molecule has 2 unspecified atom stereocenters. The number of furan rings is 1. The van der Waals surface area contributed by atoms with Gasteiger partial charge in [-0.05, 0) is 87.7 Å². The fourth-order valence-corrected chi connectivity index (χ4v) is 6.99. The molecule has 3 aromatic rings. The Hall–Kier alpha value is -2.05. The molecule has 2 aliphatic rings. The van der Waals surface area contributed by atoms with Gasteiger partial charge in [0.2, 0.25) is 0 Å². The van der Waals surface area contributed by atoms with E-state index in [9.17, 15) is 0 Å². The van der Waals surface area contributed by atoms with Crippen LogP contribution in [-0.4, -0.2) is 44.5 Å². The van der Waals surface area contributed by atoms with Gasteiger partial charge in [0.1, 0.15) is 11.5 Å². The Labute approximate surface area is 214 Å². The van der Waals surface area contributed by atoms with E-state index in [2.05, 4.69) is 71.6 Å². The highest BCUT2D eigenvalue weighted by Crippen LogP contribution is 2.42. The number of hydrogen-bond acceptors (Lipinski definition) is 5. The summed E-state index contributed by atoms with van der Waals surface area (Å²) in [6.07, 6.45) is 5.01. The maximum atomic E-state index is 5.73. The standard InChI is InChI=1S/C29H40N4OS/c1-7-33-27(25-17-19(2)34-20(25)3)30-31-28(33)35-16-8-14-32-15-13-24-23-11-10-22(29(4,5)6)18-21(23)9-12-26(24)32/h10-11,17-18,24,26H,7-9,12-16H2,1-6H3. The van der Waals surface area contributed by atoms with Crippen LogP contribution < -0.4 is 0 Å². The van der Waals surface area contributed by atoms with Crippen molar-refractivity contribution in [1.82, 2.24) is 19.7 Å². The zero-order valence-electron chi connectivity index (χ0n) is 22.2. The predicted octanol–water partition coefficient (Wildman–Crippen LogP) is 6.76. The van der Waals surface area contributed by atoms with Crippen LogP contribution in [0.4, 0.5) is 0 Å². The van der Waals surface area contributed by atoms with E-state index in [0.717, 1.165) is 40.4 Å². The van der Waals surface area contributed by atoms with Crippen LogP contribution in [0.25, 0.3) is 11.4 Å². The molecule has 2 aromatic heterocycles. The largest absolute Gasteiger partial charge is 0.466 e. The molecule has 1 aliphatic carbocycles. The Morgan fingerprint density at radius 1 is 1.11 bits per heavy atom. The lowest BCUT2D eigenvalue weighted by Crippen LogP contribution is -2.36. The summed E-state index contributed by atoms with van der Waals surface area (Å²) in [6.45, 7) is 16.4. The molecule has 2 atom stereocenters. The molecular weight excluding hydrogens is 452 g/mol. The minimum atomic E-state index is 0.227. The van der Waals surface area contributed by atoms with Gasteiger partial charge in [0.05, 0.1) is 5.56 Å². The van der Waals surface area contributed by atoms with Crippen LogP contribution in [0, 0.1) is 13.8 Å². The molecule has 0 saturated carbocycles. The lowest BCUT2D eigenvalue weighted by molar-refractivity contribution is 0.228. The second-order valence-corrected chi connectivity index (χ2v) is 12.3. The van der Waals surface area contributed by atoms with Gasteiger partial charge in [0, 0.05) is 24.3 Å². The van der Waals surface area contributed by atoms with Crippen LogP contribution in [0.1, 0.15) is 81.1 Å². The molecule has 0 amide bonds. The highest BCUT2D eigenvalue weighted by molar-refractivity contribution is 7.99. The number of nitrogens with zero attached hydrogens (tertiary/aromatic N) is 4. The van der Waals surface area contributed by atoms with Crippen LogP contribution in [0.2, 0.25) is 0 Å². The Bertz CT molecular complexity index is 1190. The van der Waals surface area contributed by atoms with Gasteiger partial charge in [-0.2, -0.15) is 0 Å². The number of hydrogen-bond donors (Lipinski definition) is 0. The van der Waals surface area contributed by atoms with Gasteiger partial charge in [-0.3, -0.25) is 4.90 Å². The molecule has 1 aliphatic heterocycles. The summed E-state index contributed by atoms with van der Waals surface area (Å²) in [6, 6.07) is 10.1. The third-order valence-corrected chi connectivity index (χ3v) is 8.97. The van der Waals surface area contributed by atoms with Crippen molar-refractivity contribution in [3.8, 4) is 11.4 Å². The highest BCUT2D eigenvalue weighted by Gasteiger charge is 2.38.